The highest BCUT2D eigenvalue weighted by molar-refractivity contribution is 6.02. The molecule has 1 aliphatic carbocycles. The summed E-state index contributed by atoms with van der Waals surface area (Å²) in [5, 5.41) is 0. The fourth-order valence-electron chi connectivity index (χ4n) is 2.88. The van der Waals surface area contributed by atoms with Crippen LogP contribution in [0.3, 0.4) is 0 Å². The molecule has 0 aromatic carbocycles. The first-order chi connectivity index (χ1) is 9.72. The normalized spacial score (nSPS) is 18.3. The zero-order valence-electron chi connectivity index (χ0n) is 12.4. The number of rotatable bonds is 5. The molecule has 110 valence electrons. The molecule has 0 saturated heterocycles. The molecular formula is C16H23NO3. The molecule has 0 atom stereocenters. The largest absolute Gasteiger partial charge is 0.492 e. The SMILES string of the molecule is CCOc1cncc(C(=O)C2(OC)CCCCCC2)c1. The van der Waals surface area contributed by atoms with Crippen molar-refractivity contribution in [2.75, 3.05) is 13.7 Å². The molecule has 0 aliphatic heterocycles. The van der Waals surface area contributed by atoms with Crippen molar-refractivity contribution in [1.82, 2.24) is 4.98 Å². The van der Waals surface area contributed by atoms with Crippen LogP contribution in [-0.2, 0) is 4.74 Å². The fourth-order valence-corrected chi connectivity index (χ4v) is 2.88. The number of methoxy groups -OCH3 is 1. The first-order valence-corrected chi connectivity index (χ1v) is 7.39. The Morgan fingerprint density at radius 1 is 1.25 bits per heavy atom. The van der Waals surface area contributed by atoms with Gasteiger partial charge in [-0.15, -0.1) is 0 Å². The van der Waals surface area contributed by atoms with E-state index in [2.05, 4.69) is 4.98 Å². The van der Waals surface area contributed by atoms with E-state index >= 15 is 0 Å². The summed E-state index contributed by atoms with van der Waals surface area (Å²) in [7, 11) is 1.64. The number of ketones is 1. The molecule has 4 nitrogen and oxygen atoms in total. The zero-order chi connectivity index (χ0) is 14.4. The number of Topliss-reactive ketones (excluding diaryl/α,β-unsaturated/α-hetero) is 1. The number of nitrogens with zero attached hydrogens (tertiary/aromatic N) is 1. The molecule has 1 aromatic rings. The molecule has 0 amide bonds. The second-order valence-electron chi connectivity index (χ2n) is 5.28. The average Bonchev–Trinajstić information content (AvgIpc) is 2.73. The Morgan fingerprint density at radius 3 is 2.55 bits per heavy atom. The first kappa shape index (κ1) is 15.0. The van der Waals surface area contributed by atoms with Gasteiger partial charge in [0.05, 0.1) is 12.8 Å². The Labute approximate surface area is 120 Å². The lowest BCUT2D eigenvalue weighted by Gasteiger charge is -2.29. The summed E-state index contributed by atoms with van der Waals surface area (Å²) in [5.74, 6) is 0.675. The summed E-state index contributed by atoms with van der Waals surface area (Å²) in [6, 6.07) is 1.77. The quantitative estimate of drug-likeness (QED) is 0.611. The van der Waals surface area contributed by atoms with Crippen LogP contribution in [0.4, 0.5) is 0 Å². The van der Waals surface area contributed by atoms with Crippen LogP contribution < -0.4 is 4.74 Å². The molecule has 0 N–H and O–H groups in total. The van der Waals surface area contributed by atoms with Gasteiger partial charge in [0.25, 0.3) is 0 Å². The summed E-state index contributed by atoms with van der Waals surface area (Å²) in [4.78, 5) is 16.9. The maximum Gasteiger partial charge on any atom is 0.196 e. The summed E-state index contributed by atoms with van der Waals surface area (Å²) in [6.45, 7) is 2.48. The lowest BCUT2D eigenvalue weighted by atomic mass is 9.86. The van der Waals surface area contributed by atoms with Crippen molar-refractivity contribution in [3.05, 3.63) is 24.0 Å². The van der Waals surface area contributed by atoms with Crippen molar-refractivity contribution >= 4 is 5.78 Å². The molecule has 0 radical (unpaired) electrons. The molecular weight excluding hydrogens is 254 g/mol. The Hall–Kier alpha value is -1.42. The number of aromatic nitrogens is 1. The lowest BCUT2D eigenvalue weighted by Crippen LogP contribution is -2.40. The van der Waals surface area contributed by atoms with Crippen molar-refractivity contribution in [2.24, 2.45) is 0 Å². The topological polar surface area (TPSA) is 48.4 Å². The predicted octanol–water partition coefficient (Wildman–Crippen LogP) is 3.40. The van der Waals surface area contributed by atoms with Crippen molar-refractivity contribution in [3.63, 3.8) is 0 Å². The second kappa shape index (κ2) is 6.84. The van der Waals surface area contributed by atoms with Gasteiger partial charge in [-0.1, -0.05) is 25.7 Å². The molecule has 1 aromatic heterocycles. The van der Waals surface area contributed by atoms with Crippen molar-refractivity contribution in [2.45, 2.75) is 51.0 Å². The summed E-state index contributed by atoms with van der Waals surface area (Å²) >= 11 is 0. The molecule has 20 heavy (non-hydrogen) atoms. The Kier molecular flexibility index (Phi) is 5.12. The molecule has 1 aliphatic rings. The van der Waals surface area contributed by atoms with Gasteiger partial charge in [-0.25, -0.2) is 0 Å². The predicted molar refractivity (Wildman–Crippen MR) is 77.2 cm³/mol. The Morgan fingerprint density at radius 2 is 1.95 bits per heavy atom. The van der Waals surface area contributed by atoms with Gasteiger partial charge >= 0.3 is 0 Å². The highest BCUT2D eigenvalue weighted by Crippen LogP contribution is 2.33. The number of carbonyl (C=O) groups excluding carboxylic acids is 1. The van der Waals surface area contributed by atoms with Crippen LogP contribution in [-0.4, -0.2) is 30.1 Å². The van der Waals surface area contributed by atoms with Crippen LogP contribution in [0.5, 0.6) is 5.75 Å². The lowest BCUT2D eigenvalue weighted by molar-refractivity contribution is -0.00697. The van der Waals surface area contributed by atoms with E-state index in [1.165, 1.54) is 12.8 Å². The van der Waals surface area contributed by atoms with E-state index in [1.54, 1.807) is 25.6 Å². The Balaban J connectivity index is 2.25. The Bertz CT molecular complexity index is 451. The van der Waals surface area contributed by atoms with Crippen LogP contribution in [0.15, 0.2) is 18.5 Å². The molecule has 1 heterocycles. The van der Waals surface area contributed by atoms with Gasteiger partial charge in [0, 0.05) is 18.9 Å². The van der Waals surface area contributed by atoms with Crippen LogP contribution in [0, 0.1) is 0 Å². The van der Waals surface area contributed by atoms with E-state index in [4.69, 9.17) is 9.47 Å². The average molecular weight is 277 g/mol. The minimum absolute atomic E-state index is 0.0379. The van der Waals surface area contributed by atoms with Crippen molar-refractivity contribution in [1.29, 1.82) is 0 Å². The number of hydrogen-bond acceptors (Lipinski definition) is 4. The summed E-state index contributed by atoms with van der Waals surface area (Å²) in [6.07, 6.45) is 9.26. The molecule has 2 rings (SSSR count). The summed E-state index contributed by atoms with van der Waals surface area (Å²) in [5.41, 5.74) is -0.0945. The van der Waals surface area contributed by atoms with Gasteiger partial charge in [0.1, 0.15) is 11.4 Å². The van der Waals surface area contributed by atoms with Gasteiger partial charge in [0.2, 0.25) is 0 Å². The third-order valence-corrected chi connectivity index (χ3v) is 4.00. The summed E-state index contributed by atoms with van der Waals surface area (Å²) < 4.78 is 11.1. The highest BCUT2D eigenvalue weighted by atomic mass is 16.5. The number of hydrogen-bond donors (Lipinski definition) is 0. The van der Waals surface area contributed by atoms with E-state index in [-0.39, 0.29) is 5.78 Å². The fraction of sp³-hybridized carbons (Fsp3) is 0.625. The van der Waals surface area contributed by atoms with Crippen LogP contribution in [0.2, 0.25) is 0 Å². The first-order valence-electron chi connectivity index (χ1n) is 7.39. The standard InChI is InChI=1S/C16H23NO3/c1-3-20-14-10-13(11-17-12-14)15(18)16(19-2)8-6-4-5-7-9-16/h10-12H,3-9H2,1-2H3. The molecule has 0 unspecified atom stereocenters. The number of carbonyl (C=O) groups is 1. The van der Waals surface area contributed by atoms with E-state index < -0.39 is 5.60 Å². The molecule has 0 spiro atoms. The monoisotopic (exact) mass is 277 g/mol. The third-order valence-electron chi connectivity index (χ3n) is 4.00. The van der Waals surface area contributed by atoms with E-state index in [9.17, 15) is 4.79 Å². The molecule has 1 fully saturated rings. The van der Waals surface area contributed by atoms with Crippen molar-refractivity contribution in [3.8, 4) is 5.75 Å². The van der Waals surface area contributed by atoms with Gasteiger partial charge < -0.3 is 9.47 Å². The minimum atomic E-state index is -0.678. The van der Waals surface area contributed by atoms with Gasteiger partial charge in [-0.3, -0.25) is 9.78 Å². The van der Waals surface area contributed by atoms with E-state index in [0.29, 0.717) is 17.9 Å². The van der Waals surface area contributed by atoms with Gasteiger partial charge in [-0.2, -0.15) is 0 Å². The van der Waals surface area contributed by atoms with E-state index in [0.717, 1.165) is 25.7 Å². The van der Waals surface area contributed by atoms with Crippen LogP contribution >= 0.6 is 0 Å². The molecule has 1 saturated carbocycles. The third kappa shape index (κ3) is 3.18. The molecule has 4 heteroatoms. The maximum atomic E-state index is 12.8. The van der Waals surface area contributed by atoms with Crippen LogP contribution in [0.25, 0.3) is 0 Å². The minimum Gasteiger partial charge on any atom is -0.492 e. The van der Waals surface area contributed by atoms with Crippen molar-refractivity contribution < 1.29 is 14.3 Å². The van der Waals surface area contributed by atoms with Gasteiger partial charge in [0.15, 0.2) is 5.78 Å². The number of ether oxygens (including phenoxy) is 2. The maximum absolute atomic E-state index is 12.8. The number of pyridine rings is 1. The molecule has 0 bridgehead atoms. The van der Waals surface area contributed by atoms with Gasteiger partial charge in [-0.05, 0) is 25.8 Å². The van der Waals surface area contributed by atoms with Crippen LogP contribution in [0.1, 0.15) is 55.8 Å². The zero-order valence-corrected chi connectivity index (χ0v) is 12.4. The van der Waals surface area contributed by atoms with E-state index in [1.807, 2.05) is 6.92 Å². The smallest absolute Gasteiger partial charge is 0.196 e. The highest BCUT2D eigenvalue weighted by Gasteiger charge is 2.39. The second-order valence-corrected chi connectivity index (χ2v) is 5.28.